The van der Waals surface area contributed by atoms with Crippen LogP contribution in [-0.4, -0.2) is 46.5 Å². The molecule has 1 aromatic heterocycles. The van der Waals surface area contributed by atoms with E-state index in [2.05, 4.69) is 29.2 Å². The first kappa shape index (κ1) is 17.5. The third kappa shape index (κ3) is 3.95. The summed E-state index contributed by atoms with van der Waals surface area (Å²) in [4.78, 5) is 29.1. The molecule has 1 fully saturated rings. The molecule has 0 atom stereocenters. The maximum atomic E-state index is 12.8. The van der Waals surface area contributed by atoms with Crippen molar-refractivity contribution in [1.29, 1.82) is 0 Å². The Balaban J connectivity index is 1.41. The maximum absolute atomic E-state index is 12.8. The van der Waals surface area contributed by atoms with E-state index >= 15 is 0 Å². The minimum absolute atomic E-state index is 0.0224. The number of para-hydroxylation sites is 2. The fourth-order valence-electron chi connectivity index (χ4n) is 3.62. The summed E-state index contributed by atoms with van der Waals surface area (Å²) < 4.78 is 6.64. The molecule has 0 unspecified atom stereocenters. The predicted octanol–water partition coefficient (Wildman–Crippen LogP) is 2.33. The third-order valence-corrected chi connectivity index (χ3v) is 5.06. The monoisotopic (exact) mass is 365 g/mol. The third-order valence-electron chi connectivity index (χ3n) is 5.06. The van der Waals surface area contributed by atoms with Crippen LogP contribution >= 0.6 is 0 Å². The van der Waals surface area contributed by atoms with Gasteiger partial charge in [-0.25, -0.2) is 4.79 Å². The second-order valence-electron chi connectivity index (χ2n) is 6.92. The Morgan fingerprint density at radius 3 is 2.56 bits per heavy atom. The Morgan fingerprint density at radius 1 is 0.926 bits per heavy atom. The van der Waals surface area contributed by atoms with Gasteiger partial charge in [-0.3, -0.25) is 14.3 Å². The first-order valence-electron chi connectivity index (χ1n) is 9.33. The Hall–Kier alpha value is -2.86. The lowest BCUT2D eigenvalue weighted by Crippen LogP contribution is -2.38. The lowest BCUT2D eigenvalue weighted by molar-refractivity contribution is -0.131. The highest BCUT2D eigenvalue weighted by Gasteiger charge is 2.21. The van der Waals surface area contributed by atoms with Gasteiger partial charge in [0.1, 0.15) is 6.54 Å². The molecule has 27 heavy (non-hydrogen) atoms. The van der Waals surface area contributed by atoms with E-state index in [9.17, 15) is 9.59 Å². The SMILES string of the molecule is O=C(Cn1c(=O)oc2ccccc21)N1CCCN(Cc2ccccc2)CC1. The second-order valence-corrected chi connectivity index (χ2v) is 6.92. The molecule has 0 bridgehead atoms. The van der Waals surface area contributed by atoms with Gasteiger partial charge in [-0.2, -0.15) is 0 Å². The molecule has 6 nitrogen and oxygen atoms in total. The van der Waals surface area contributed by atoms with Gasteiger partial charge < -0.3 is 9.32 Å². The standard InChI is InChI=1S/C21H23N3O3/c25-20(16-24-18-9-4-5-10-19(18)27-21(24)26)23-12-6-11-22(13-14-23)15-17-7-2-1-3-8-17/h1-5,7-10H,6,11-16H2. The molecule has 0 aliphatic carbocycles. The molecule has 0 N–H and O–H groups in total. The molecule has 6 heteroatoms. The largest absolute Gasteiger partial charge is 0.420 e. The van der Waals surface area contributed by atoms with E-state index in [0.717, 1.165) is 26.1 Å². The van der Waals surface area contributed by atoms with E-state index in [1.807, 2.05) is 23.1 Å². The minimum Gasteiger partial charge on any atom is -0.408 e. The van der Waals surface area contributed by atoms with Crippen molar-refractivity contribution in [1.82, 2.24) is 14.4 Å². The van der Waals surface area contributed by atoms with Gasteiger partial charge in [-0.05, 0) is 24.1 Å². The van der Waals surface area contributed by atoms with E-state index < -0.39 is 5.76 Å². The van der Waals surface area contributed by atoms with Crippen LogP contribution in [0.15, 0.2) is 63.8 Å². The Kier molecular flexibility index (Phi) is 5.07. The number of benzene rings is 2. The van der Waals surface area contributed by atoms with Crippen molar-refractivity contribution in [2.45, 2.75) is 19.5 Å². The van der Waals surface area contributed by atoms with E-state index in [1.165, 1.54) is 10.1 Å². The normalized spacial score (nSPS) is 15.8. The molecule has 1 saturated heterocycles. The van der Waals surface area contributed by atoms with Gasteiger partial charge in [0.2, 0.25) is 5.91 Å². The van der Waals surface area contributed by atoms with Crippen molar-refractivity contribution in [3.8, 4) is 0 Å². The van der Waals surface area contributed by atoms with E-state index in [0.29, 0.717) is 24.2 Å². The molecular weight excluding hydrogens is 342 g/mol. The first-order chi connectivity index (χ1) is 13.2. The van der Waals surface area contributed by atoms with E-state index in [4.69, 9.17) is 4.42 Å². The molecule has 1 aliphatic rings. The summed E-state index contributed by atoms with van der Waals surface area (Å²) in [5, 5.41) is 0. The topological polar surface area (TPSA) is 58.7 Å². The van der Waals surface area contributed by atoms with Gasteiger partial charge >= 0.3 is 5.76 Å². The number of amides is 1. The van der Waals surface area contributed by atoms with Gasteiger partial charge in [-0.1, -0.05) is 42.5 Å². The fourth-order valence-corrected chi connectivity index (χ4v) is 3.62. The summed E-state index contributed by atoms with van der Waals surface area (Å²) in [6.45, 7) is 4.11. The molecule has 0 spiro atoms. The van der Waals surface area contributed by atoms with Crippen molar-refractivity contribution < 1.29 is 9.21 Å². The second kappa shape index (κ2) is 7.80. The smallest absolute Gasteiger partial charge is 0.408 e. The lowest BCUT2D eigenvalue weighted by Gasteiger charge is -2.22. The predicted molar refractivity (Wildman–Crippen MR) is 103 cm³/mol. The van der Waals surface area contributed by atoms with Crippen LogP contribution in [0.1, 0.15) is 12.0 Å². The number of rotatable bonds is 4. The molecular formula is C21H23N3O3. The van der Waals surface area contributed by atoms with Crippen LogP contribution in [0.25, 0.3) is 11.1 Å². The molecule has 2 heterocycles. The lowest BCUT2D eigenvalue weighted by atomic mass is 10.2. The zero-order valence-electron chi connectivity index (χ0n) is 15.2. The molecule has 1 aliphatic heterocycles. The van der Waals surface area contributed by atoms with Crippen LogP contribution in [0.3, 0.4) is 0 Å². The van der Waals surface area contributed by atoms with E-state index in [1.54, 1.807) is 12.1 Å². The molecule has 0 radical (unpaired) electrons. The first-order valence-corrected chi connectivity index (χ1v) is 9.33. The Morgan fingerprint density at radius 2 is 1.70 bits per heavy atom. The number of fused-ring (bicyclic) bond motifs is 1. The number of hydrogen-bond donors (Lipinski definition) is 0. The quantitative estimate of drug-likeness (QED) is 0.712. The molecule has 2 aromatic carbocycles. The molecule has 0 saturated carbocycles. The summed E-state index contributed by atoms with van der Waals surface area (Å²) >= 11 is 0. The molecule has 4 rings (SSSR count). The van der Waals surface area contributed by atoms with Crippen LogP contribution < -0.4 is 5.76 Å². The zero-order chi connectivity index (χ0) is 18.6. The zero-order valence-corrected chi connectivity index (χ0v) is 15.2. The number of carbonyl (C=O) groups excluding carboxylic acids is 1. The van der Waals surface area contributed by atoms with Crippen LogP contribution in [-0.2, 0) is 17.9 Å². The Labute approximate surface area is 157 Å². The number of aromatic nitrogens is 1. The van der Waals surface area contributed by atoms with Gasteiger partial charge in [-0.15, -0.1) is 0 Å². The molecule has 1 amide bonds. The highest BCUT2D eigenvalue weighted by Crippen LogP contribution is 2.13. The summed E-state index contributed by atoms with van der Waals surface area (Å²) in [7, 11) is 0. The van der Waals surface area contributed by atoms with Crippen LogP contribution in [0.2, 0.25) is 0 Å². The highest BCUT2D eigenvalue weighted by atomic mass is 16.4. The average molecular weight is 365 g/mol. The van der Waals surface area contributed by atoms with E-state index in [-0.39, 0.29) is 12.5 Å². The number of hydrogen-bond acceptors (Lipinski definition) is 4. The summed E-state index contributed by atoms with van der Waals surface area (Å²) in [6, 6.07) is 17.6. The fraction of sp³-hybridized carbons (Fsp3) is 0.333. The summed E-state index contributed by atoms with van der Waals surface area (Å²) in [6.07, 6.45) is 0.930. The van der Waals surface area contributed by atoms with Crippen LogP contribution in [0.4, 0.5) is 0 Å². The van der Waals surface area contributed by atoms with Crippen molar-refractivity contribution in [3.63, 3.8) is 0 Å². The average Bonchev–Trinajstić information content (AvgIpc) is 2.84. The van der Waals surface area contributed by atoms with Gasteiger partial charge in [0.05, 0.1) is 5.52 Å². The summed E-state index contributed by atoms with van der Waals surface area (Å²) in [5.41, 5.74) is 2.46. The summed E-state index contributed by atoms with van der Waals surface area (Å²) in [5.74, 6) is -0.518. The molecule has 140 valence electrons. The van der Waals surface area contributed by atoms with Crippen LogP contribution in [0, 0.1) is 0 Å². The van der Waals surface area contributed by atoms with Crippen molar-refractivity contribution >= 4 is 17.0 Å². The molecule has 3 aromatic rings. The number of oxazole rings is 1. The maximum Gasteiger partial charge on any atom is 0.420 e. The van der Waals surface area contributed by atoms with Crippen LogP contribution in [0.5, 0.6) is 0 Å². The van der Waals surface area contributed by atoms with Gasteiger partial charge in [0.25, 0.3) is 0 Å². The Bertz CT molecular complexity index is 977. The van der Waals surface area contributed by atoms with Crippen molar-refractivity contribution in [3.05, 3.63) is 70.7 Å². The number of nitrogens with zero attached hydrogens (tertiary/aromatic N) is 3. The van der Waals surface area contributed by atoms with Gasteiger partial charge in [0, 0.05) is 32.7 Å². The van der Waals surface area contributed by atoms with Crippen molar-refractivity contribution in [2.75, 3.05) is 26.2 Å². The van der Waals surface area contributed by atoms with Crippen molar-refractivity contribution in [2.24, 2.45) is 0 Å². The number of carbonyl (C=O) groups is 1. The minimum atomic E-state index is -0.481. The van der Waals surface area contributed by atoms with Gasteiger partial charge in [0.15, 0.2) is 5.58 Å². The highest BCUT2D eigenvalue weighted by molar-refractivity contribution is 5.79.